The maximum atomic E-state index is 12.4. The van der Waals surface area contributed by atoms with E-state index < -0.39 is 29.8 Å². The van der Waals surface area contributed by atoms with E-state index in [-0.39, 0.29) is 29.8 Å². The molecule has 0 aromatic heterocycles. The van der Waals surface area contributed by atoms with E-state index in [2.05, 4.69) is 4.74 Å². The number of hydrogen-bond acceptors (Lipinski definition) is 8. The lowest BCUT2D eigenvalue weighted by molar-refractivity contribution is -0.560. The number of esters is 1. The van der Waals surface area contributed by atoms with Crippen molar-refractivity contribution in [3.05, 3.63) is 0 Å². The minimum absolute atomic E-state index is 0.0190. The first-order valence-corrected chi connectivity index (χ1v) is 8.80. The predicted octanol–water partition coefficient (Wildman–Crippen LogP) is 2.16. The van der Waals surface area contributed by atoms with Crippen molar-refractivity contribution in [1.82, 2.24) is 0 Å². The van der Waals surface area contributed by atoms with Gasteiger partial charge in [-0.3, -0.25) is 4.79 Å². The highest BCUT2D eigenvalue weighted by atomic mass is 17.3. The molecule has 4 saturated heterocycles. The summed E-state index contributed by atoms with van der Waals surface area (Å²) in [6.45, 7) is 5.61. The molecular formula is C17H24O8. The van der Waals surface area contributed by atoms with Gasteiger partial charge in [0.2, 0.25) is 12.1 Å². The van der Waals surface area contributed by atoms with E-state index in [4.69, 9.17) is 24.0 Å². The highest BCUT2D eigenvalue weighted by Crippen LogP contribution is 2.60. The fourth-order valence-corrected chi connectivity index (χ4v) is 5.03. The van der Waals surface area contributed by atoms with Crippen molar-refractivity contribution in [3.8, 4) is 0 Å². The summed E-state index contributed by atoms with van der Waals surface area (Å²) in [7, 11) is 1.28. The highest BCUT2D eigenvalue weighted by molar-refractivity contribution is 5.74. The first kappa shape index (κ1) is 17.1. The molecule has 8 atom stereocenters. The lowest BCUT2D eigenvalue weighted by atomic mass is 9.57. The first-order chi connectivity index (χ1) is 11.8. The Morgan fingerprint density at radius 2 is 2.00 bits per heavy atom. The lowest BCUT2D eigenvalue weighted by Crippen LogP contribution is -2.71. The van der Waals surface area contributed by atoms with Crippen LogP contribution < -0.4 is 0 Å². The van der Waals surface area contributed by atoms with Crippen LogP contribution >= 0.6 is 0 Å². The number of carbonyl (C=O) groups is 2. The van der Waals surface area contributed by atoms with E-state index in [0.29, 0.717) is 12.8 Å². The summed E-state index contributed by atoms with van der Waals surface area (Å²) in [6, 6.07) is 0. The van der Waals surface area contributed by atoms with Gasteiger partial charge in [0.1, 0.15) is 6.10 Å². The Bertz CT molecular complexity index is 593. The fraction of sp³-hybridized carbons (Fsp3) is 0.882. The summed E-state index contributed by atoms with van der Waals surface area (Å²) in [5, 5.41) is 0. The molecule has 0 aromatic rings. The quantitative estimate of drug-likeness (QED) is 0.521. The van der Waals surface area contributed by atoms with Crippen LogP contribution in [0.5, 0.6) is 0 Å². The van der Waals surface area contributed by atoms with Crippen molar-refractivity contribution in [2.75, 3.05) is 7.11 Å². The van der Waals surface area contributed by atoms with Crippen LogP contribution in [0.2, 0.25) is 0 Å². The summed E-state index contributed by atoms with van der Waals surface area (Å²) >= 11 is 0. The molecule has 4 heterocycles. The van der Waals surface area contributed by atoms with Crippen LogP contribution in [-0.2, 0) is 33.5 Å². The van der Waals surface area contributed by atoms with Gasteiger partial charge in [0, 0.05) is 18.3 Å². The molecule has 5 rings (SSSR count). The summed E-state index contributed by atoms with van der Waals surface area (Å²) in [6.07, 6.45) is -0.0683. The minimum atomic E-state index is -0.947. The van der Waals surface area contributed by atoms with Gasteiger partial charge in [0.15, 0.2) is 5.60 Å². The summed E-state index contributed by atoms with van der Waals surface area (Å²) in [4.78, 5) is 35.6. The molecule has 2 bridgehead atoms. The number of rotatable bonds is 1. The number of hydrogen-bond donors (Lipinski definition) is 0. The Kier molecular flexibility index (Phi) is 3.79. The summed E-state index contributed by atoms with van der Waals surface area (Å²) < 4.78 is 21.8. The van der Waals surface area contributed by atoms with Crippen molar-refractivity contribution >= 4 is 12.1 Å². The number of fused-ring (bicyclic) bond motifs is 2. The molecular weight excluding hydrogens is 332 g/mol. The Hall–Kier alpha value is -1.38. The van der Waals surface area contributed by atoms with Gasteiger partial charge in [-0.1, -0.05) is 13.8 Å². The second-order valence-corrected chi connectivity index (χ2v) is 7.79. The molecule has 8 nitrogen and oxygen atoms in total. The minimum Gasteiger partial charge on any atom is -0.438 e. The molecule has 4 aliphatic heterocycles. The zero-order chi connectivity index (χ0) is 18.0. The second kappa shape index (κ2) is 5.56. The van der Waals surface area contributed by atoms with E-state index in [9.17, 15) is 9.59 Å². The maximum absolute atomic E-state index is 12.4. The predicted molar refractivity (Wildman–Crippen MR) is 80.7 cm³/mol. The van der Waals surface area contributed by atoms with Crippen molar-refractivity contribution in [1.29, 1.82) is 0 Å². The third-order valence-corrected chi connectivity index (χ3v) is 6.48. The Morgan fingerprint density at radius 1 is 1.24 bits per heavy atom. The van der Waals surface area contributed by atoms with E-state index in [1.165, 1.54) is 7.11 Å². The third-order valence-electron chi connectivity index (χ3n) is 6.48. The molecule has 8 heteroatoms. The molecule has 5 fully saturated rings. The largest absolute Gasteiger partial charge is 0.508 e. The average molecular weight is 356 g/mol. The van der Waals surface area contributed by atoms with Gasteiger partial charge >= 0.3 is 12.1 Å². The van der Waals surface area contributed by atoms with E-state index in [1.807, 2.05) is 13.8 Å². The number of ether oxygens (including phenoxy) is 4. The Morgan fingerprint density at radius 3 is 2.72 bits per heavy atom. The van der Waals surface area contributed by atoms with Crippen LogP contribution in [0, 0.1) is 23.7 Å². The highest BCUT2D eigenvalue weighted by Gasteiger charge is 2.71. The molecule has 1 unspecified atom stereocenters. The van der Waals surface area contributed by atoms with Gasteiger partial charge in [0.25, 0.3) is 0 Å². The van der Waals surface area contributed by atoms with Gasteiger partial charge in [0.05, 0.1) is 13.0 Å². The van der Waals surface area contributed by atoms with Gasteiger partial charge in [-0.2, -0.15) is 0 Å². The zero-order valence-corrected chi connectivity index (χ0v) is 14.9. The van der Waals surface area contributed by atoms with Crippen LogP contribution in [0.1, 0.15) is 40.0 Å². The fourth-order valence-electron chi connectivity index (χ4n) is 5.03. The molecule has 140 valence electrons. The SMILES string of the molecule is COC(=O)O[C@H]1C[C@H]2[C@@H](C)C(=O)O[C@@H]3OC4(C)CC[C@@H]([C@@H]1C)[C@]32OO4. The monoisotopic (exact) mass is 356 g/mol. The van der Waals surface area contributed by atoms with Crippen LogP contribution in [0.3, 0.4) is 0 Å². The number of carbonyl (C=O) groups excluding carboxylic acids is 2. The Balaban J connectivity index is 1.75. The average Bonchev–Trinajstić information content (AvgIpc) is 2.80. The summed E-state index contributed by atoms with van der Waals surface area (Å²) in [5.74, 6) is -1.98. The van der Waals surface area contributed by atoms with E-state index in [0.717, 1.165) is 6.42 Å². The van der Waals surface area contributed by atoms with Crippen molar-refractivity contribution in [2.45, 2.75) is 63.8 Å². The number of methoxy groups -OCH3 is 1. The Labute approximate surface area is 145 Å². The molecule has 5 aliphatic rings. The van der Waals surface area contributed by atoms with E-state index in [1.54, 1.807) is 6.92 Å². The zero-order valence-electron chi connectivity index (χ0n) is 14.9. The molecule has 25 heavy (non-hydrogen) atoms. The molecule has 0 N–H and O–H groups in total. The molecule has 1 spiro atoms. The smallest absolute Gasteiger partial charge is 0.438 e. The van der Waals surface area contributed by atoms with Gasteiger partial charge < -0.3 is 18.9 Å². The van der Waals surface area contributed by atoms with Crippen molar-refractivity contribution in [2.24, 2.45) is 23.7 Å². The van der Waals surface area contributed by atoms with E-state index >= 15 is 0 Å². The van der Waals surface area contributed by atoms with Crippen LogP contribution in [0.15, 0.2) is 0 Å². The van der Waals surface area contributed by atoms with Gasteiger partial charge in [-0.25, -0.2) is 14.6 Å². The third kappa shape index (κ3) is 2.30. The molecule has 0 radical (unpaired) electrons. The lowest BCUT2D eigenvalue weighted by Gasteiger charge is -2.58. The van der Waals surface area contributed by atoms with Crippen molar-refractivity contribution < 1.29 is 38.3 Å². The van der Waals surface area contributed by atoms with Crippen LogP contribution in [-0.4, -0.2) is 43.0 Å². The topological polar surface area (TPSA) is 89.5 Å². The molecule has 0 amide bonds. The molecule has 0 aromatic carbocycles. The maximum Gasteiger partial charge on any atom is 0.508 e. The second-order valence-electron chi connectivity index (χ2n) is 7.79. The first-order valence-electron chi connectivity index (χ1n) is 8.80. The summed E-state index contributed by atoms with van der Waals surface area (Å²) in [5.41, 5.74) is -0.876. The standard InChI is InChI=1S/C17H24O8/c1-8-10-5-6-16(3)23-14-17(10,25-24-16)11(9(2)13(18)22-14)7-12(8)21-15(19)20-4/h8-12,14H,5-7H2,1-4H3/t8-,9+,10-,11-,12-,14+,16?,17+/m0/s1. The van der Waals surface area contributed by atoms with Gasteiger partial charge in [-0.05, 0) is 25.7 Å². The normalized spacial score (nSPS) is 51.1. The van der Waals surface area contributed by atoms with Crippen LogP contribution in [0.25, 0.3) is 0 Å². The molecule has 1 saturated carbocycles. The molecule has 1 aliphatic carbocycles. The van der Waals surface area contributed by atoms with Gasteiger partial charge in [-0.15, -0.1) is 0 Å². The van der Waals surface area contributed by atoms with Crippen molar-refractivity contribution in [3.63, 3.8) is 0 Å². The van der Waals surface area contributed by atoms with Crippen LogP contribution in [0.4, 0.5) is 4.79 Å².